The molecule has 1 amide bonds. The number of aromatic nitrogens is 1. The number of amides is 1. The molecule has 11 nitrogen and oxygen atoms in total. The molecule has 21 heteroatoms. The first kappa shape index (κ1) is 44.3. The van der Waals surface area contributed by atoms with Gasteiger partial charge in [0.1, 0.15) is 13.1 Å². The Morgan fingerprint density at radius 2 is 1.04 bits per heavy atom. The lowest BCUT2D eigenvalue weighted by atomic mass is 10.2. The highest BCUT2D eigenvalue weighted by Gasteiger charge is 2.36. The minimum absolute atomic E-state index is 0.0803. The van der Waals surface area contributed by atoms with Gasteiger partial charge in [-0.25, -0.2) is 16.8 Å². The molecule has 0 saturated carbocycles. The number of pyridine rings is 1. The Kier molecular flexibility index (Phi) is 14.2. The number of aliphatic carboxylic acids is 1. The van der Waals surface area contributed by atoms with E-state index in [0.717, 1.165) is 18.2 Å². The second kappa shape index (κ2) is 18.3. The molecule has 0 unspecified atom stereocenters. The van der Waals surface area contributed by atoms with Crippen LogP contribution in [0.3, 0.4) is 0 Å². The maximum Gasteiger partial charge on any atom is 0.416 e. The number of carbonyl (C=O) groups excluding carboxylic acids is 1. The molecule has 302 valence electrons. The van der Waals surface area contributed by atoms with E-state index < -0.39 is 79.9 Å². The summed E-state index contributed by atoms with van der Waals surface area (Å²) in [6.07, 6.45) is -6.43. The fraction of sp³-hybridized carbons (Fsp3) is 0.139. The predicted molar refractivity (Wildman–Crippen MR) is 199 cm³/mol. The molecule has 4 aromatic carbocycles. The molecule has 0 bridgehead atoms. The van der Waals surface area contributed by atoms with Crippen LogP contribution in [0.25, 0.3) is 0 Å². The van der Waals surface area contributed by atoms with Gasteiger partial charge in [0.15, 0.2) is 0 Å². The van der Waals surface area contributed by atoms with Crippen molar-refractivity contribution in [1.82, 2.24) is 10.3 Å². The van der Waals surface area contributed by atoms with Gasteiger partial charge in [0.25, 0.3) is 20.0 Å². The largest absolute Gasteiger partial charge is 0.480 e. The van der Waals surface area contributed by atoms with E-state index in [1.807, 2.05) is 0 Å². The zero-order valence-corrected chi connectivity index (χ0v) is 31.9. The van der Waals surface area contributed by atoms with Crippen molar-refractivity contribution in [3.05, 3.63) is 148 Å². The van der Waals surface area contributed by atoms with E-state index in [-0.39, 0.29) is 26.4 Å². The number of alkyl halides is 6. The molecule has 5 aromatic rings. The lowest BCUT2D eigenvalue weighted by Gasteiger charge is -2.25. The molecule has 57 heavy (non-hydrogen) atoms. The lowest BCUT2D eigenvalue weighted by molar-refractivity contribution is -0.138. The van der Waals surface area contributed by atoms with E-state index in [2.05, 4.69) is 10.3 Å². The number of anilines is 2. The van der Waals surface area contributed by atoms with Gasteiger partial charge < -0.3 is 10.4 Å². The third-order valence-electron chi connectivity index (χ3n) is 7.55. The number of hydrogen-bond donors (Lipinski definition) is 2. The highest BCUT2D eigenvalue weighted by Crippen LogP contribution is 2.39. The Balaban J connectivity index is 0.000000261. The van der Waals surface area contributed by atoms with Gasteiger partial charge in [0.2, 0.25) is 5.91 Å². The third kappa shape index (κ3) is 11.6. The summed E-state index contributed by atoms with van der Waals surface area (Å²) in [5.41, 5.74) is -2.55. The van der Waals surface area contributed by atoms with Crippen LogP contribution in [-0.4, -0.2) is 51.9 Å². The van der Waals surface area contributed by atoms with E-state index in [1.54, 1.807) is 18.2 Å². The van der Waals surface area contributed by atoms with Crippen molar-refractivity contribution in [3.8, 4) is 0 Å². The van der Waals surface area contributed by atoms with E-state index >= 15 is 0 Å². The second-order valence-electron chi connectivity index (χ2n) is 11.5. The van der Waals surface area contributed by atoms with E-state index in [9.17, 15) is 52.8 Å². The molecule has 0 saturated heterocycles. The zero-order chi connectivity index (χ0) is 42.2. The molecule has 0 atom stereocenters. The monoisotopic (exact) mass is 876 g/mol. The number of benzene rings is 4. The second-order valence-corrected chi connectivity index (χ2v) is 16.0. The Labute approximate surface area is 332 Å². The van der Waals surface area contributed by atoms with Crippen molar-refractivity contribution < 1.29 is 57.9 Å². The van der Waals surface area contributed by atoms with Gasteiger partial charge in [-0.15, -0.1) is 0 Å². The molecule has 0 spiro atoms. The maximum atomic E-state index is 13.3. The first-order valence-corrected chi connectivity index (χ1v) is 19.5. The highest BCUT2D eigenvalue weighted by atomic mass is 35.5. The van der Waals surface area contributed by atoms with Gasteiger partial charge in [0.05, 0.1) is 42.3 Å². The first-order valence-electron chi connectivity index (χ1n) is 15.9. The number of sulfonamides is 2. The molecule has 1 heterocycles. The fourth-order valence-electron chi connectivity index (χ4n) is 4.81. The average Bonchev–Trinajstić information content (AvgIpc) is 3.16. The van der Waals surface area contributed by atoms with Crippen molar-refractivity contribution in [2.75, 3.05) is 21.7 Å². The number of rotatable bonds is 12. The van der Waals surface area contributed by atoms with E-state index in [0.29, 0.717) is 32.4 Å². The Hall–Kier alpha value is -5.37. The van der Waals surface area contributed by atoms with Crippen LogP contribution in [0.5, 0.6) is 0 Å². The van der Waals surface area contributed by atoms with Crippen LogP contribution in [0.15, 0.2) is 131 Å². The van der Waals surface area contributed by atoms with Crippen LogP contribution in [0.4, 0.5) is 37.7 Å². The number of carboxylic acid groups (broad SMARTS) is 1. The number of carbonyl (C=O) groups is 2. The van der Waals surface area contributed by atoms with Crippen LogP contribution >= 0.6 is 23.2 Å². The molecular weight excluding hydrogens is 849 g/mol. The van der Waals surface area contributed by atoms with Crippen LogP contribution < -0.4 is 13.9 Å². The number of nitrogens with one attached hydrogen (secondary N) is 1. The number of halogens is 8. The summed E-state index contributed by atoms with van der Waals surface area (Å²) in [6, 6.07) is 21.5. The molecule has 0 aliphatic carbocycles. The van der Waals surface area contributed by atoms with Crippen LogP contribution in [-0.2, 0) is 48.5 Å². The Bertz CT molecular complexity index is 2410. The molecule has 0 aliphatic rings. The van der Waals surface area contributed by atoms with Gasteiger partial charge in [-0.3, -0.25) is 23.2 Å². The number of carboxylic acids is 1. The predicted octanol–water partition coefficient (Wildman–Crippen LogP) is 7.90. The smallest absolute Gasteiger partial charge is 0.416 e. The highest BCUT2D eigenvalue weighted by molar-refractivity contribution is 7.93. The summed E-state index contributed by atoms with van der Waals surface area (Å²) in [5.74, 6) is -2.28. The van der Waals surface area contributed by atoms with Crippen molar-refractivity contribution in [1.29, 1.82) is 0 Å². The SMILES string of the molecule is O=C(CN(c1cc(C(F)(F)F)ccc1Cl)S(=O)(=O)c1ccccc1)NCc1ccncc1.O=C(O)CN(c1cc(C(F)(F)F)ccc1Cl)S(=O)(=O)c1ccccc1. The van der Waals surface area contributed by atoms with Crippen molar-refractivity contribution in [2.45, 2.75) is 28.7 Å². The van der Waals surface area contributed by atoms with Crippen molar-refractivity contribution in [2.24, 2.45) is 0 Å². The van der Waals surface area contributed by atoms with Gasteiger partial charge in [-0.1, -0.05) is 59.6 Å². The summed E-state index contributed by atoms with van der Waals surface area (Å²) < 4.78 is 131. The fourth-order valence-corrected chi connectivity index (χ4v) is 8.25. The van der Waals surface area contributed by atoms with Crippen molar-refractivity contribution >= 4 is 66.5 Å². The summed E-state index contributed by atoms with van der Waals surface area (Å²) in [5, 5.41) is 11.0. The van der Waals surface area contributed by atoms with Gasteiger partial charge in [-0.2, -0.15) is 26.3 Å². The summed E-state index contributed by atoms with van der Waals surface area (Å²) in [6.45, 7) is -1.78. The standard InChI is InChI=1S/C21H17ClF3N3O3S.C15H11ClF3NO4S/c22-18-7-6-16(21(23,24)25)12-19(18)28(32(30,31)17-4-2-1-3-5-17)14-20(29)27-13-15-8-10-26-11-9-15;16-12-7-6-10(15(17,18)19)8-13(12)20(9-14(21)22)25(23,24)11-4-2-1-3-5-11/h1-12H,13-14H2,(H,27,29);1-8H,9H2,(H,21,22). The molecule has 0 radical (unpaired) electrons. The summed E-state index contributed by atoms with van der Waals surface area (Å²) >= 11 is 11.9. The normalized spacial score (nSPS) is 11.9. The minimum atomic E-state index is -4.75. The molecule has 1 aromatic heterocycles. The number of hydrogen-bond acceptors (Lipinski definition) is 7. The van der Waals surface area contributed by atoms with Crippen LogP contribution in [0.2, 0.25) is 10.0 Å². The number of nitrogens with zero attached hydrogens (tertiary/aromatic N) is 3. The Morgan fingerprint density at radius 1 is 0.632 bits per heavy atom. The molecular formula is C36H28Cl2F6N4O7S2. The minimum Gasteiger partial charge on any atom is -0.480 e. The lowest BCUT2D eigenvalue weighted by Crippen LogP contribution is -2.41. The quantitative estimate of drug-likeness (QED) is 0.120. The molecule has 2 N–H and O–H groups in total. The first-order chi connectivity index (χ1) is 26.6. The van der Waals surface area contributed by atoms with E-state index in [4.69, 9.17) is 28.3 Å². The van der Waals surface area contributed by atoms with Gasteiger partial charge >= 0.3 is 18.3 Å². The topological polar surface area (TPSA) is 154 Å². The maximum absolute atomic E-state index is 13.3. The van der Waals surface area contributed by atoms with Crippen LogP contribution in [0.1, 0.15) is 16.7 Å². The summed E-state index contributed by atoms with van der Waals surface area (Å²) in [4.78, 5) is 27.0. The van der Waals surface area contributed by atoms with Gasteiger partial charge in [-0.05, 0) is 78.4 Å². The molecule has 5 rings (SSSR count). The third-order valence-corrected chi connectivity index (χ3v) is 11.7. The van der Waals surface area contributed by atoms with Crippen LogP contribution in [0, 0.1) is 0 Å². The zero-order valence-electron chi connectivity index (χ0n) is 28.7. The van der Waals surface area contributed by atoms with Gasteiger partial charge in [0, 0.05) is 18.9 Å². The molecule has 0 fully saturated rings. The Morgan fingerprint density at radius 3 is 1.42 bits per heavy atom. The van der Waals surface area contributed by atoms with E-state index in [1.165, 1.54) is 67.0 Å². The average molecular weight is 878 g/mol. The molecule has 0 aliphatic heterocycles. The summed E-state index contributed by atoms with van der Waals surface area (Å²) in [7, 11) is -8.84. The van der Waals surface area contributed by atoms with Crippen molar-refractivity contribution in [3.63, 3.8) is 0 Å².